The molecule has 98 valence electrons. The second-order valence-corrected chi connectivity index (χ2v) is 6.78. The summed E-state index contributed by atoms with van der Waals surface area (Å²) in [5.41, 5.74) is 0.489. The van der Waals surface area contributed by atoms with E-state index in [0.29, 0.717) is 18.5 Å². The highest BCUT2D eigenvalue weighted by Gasteiger charge is 2.65. The number of carbonyl (C=O) groups is 1. The molecule has 0 spiro atoms. The molecular weight excluding hydrogens is 212 g/mol. The molecule has 17 heavy (non-hydrogen) atoms. The van der Waals surface area contributed by atoms with Crippen molar-refractivity contribution < 1.29 is 4.79 Å². The van der Waals surface area contributed by atoms with E-state index in [4.69, 9.17) is 0 Å². The molecule has 0 aromatic rings. The molecule has 0 bridgehead atoms. The van der Waals surface area contributed by atoms with Gasteiger partial charge in [0.1, 0.15) is 0 Å². The number of nitrogens with one attached hydrogen (secondary N) is 2. The maximum Gasteiger partial charge on any atom is 0.220 e. The van der Waals surface area contributed by atoms with Crippen molar-refractivity contribution in [1.29, 1.82) is 0 Å². The molecule has 0 aromatic heterocycles. The monoisotopic (exact) mass is 238 g/mol. The summed E-state index contributed by atoms with van der Waals surface area (Å²) in [4.78, 5) is 11.9. The van der Waals surface area contributed by atoms with E-state index in [1.165, 1.54) is 12.8 Å². The Kier molecular flexibility index (Phi) is 3.23. The van der Waals surface area contributed by atoms with Crippen LogP contribution in [0.5, 0.6) is 0 Å². The first-order valence-electron chi connectivity index (χ1n) is 6.88. The van der Waals surface area contributed by atoms with Crippen LogP contribution in [0.3, 0.4) is 0 Å². The summed E-state index contributed by atoms with van der Waals surface area (Å²) < 4.78 is 0. The Bertz CT molecular complexity index is 289. The summed E-state index contributed by atoms with van der Waals surface area (Å²) in [6.07, 6.45) is 4.14. The zero-order valence-electron chi connectivity index (χ0n) is 11.6. The molecule has 3 nitrogen and oxygen atoms in total. The molecule has 2 rings (SSSR count). The average molecular weight is 238 g/mol. The summed E-state index contributed by atoms with van der Waals surface area (Å²) in [6, 6.07) is 0.917. The van der Waals surface area contributed by atoms with Crippen LogP contribution in [0.25, 0.3) is 0 Å². The lowest BCUT2D eigenvalue weighted by atomic mass is 10.0. The molecule has 1 saturated heterocycles. The third kappa shape index (κ3) is 2.35. The SMILES string of the molecule is CC1(C)C(NC(=O)CCC2CCCN2)C1(C)C. The van der Waals surface area contributed by atoms with Crippen LogP contribution in [0.2, 0.25) is 0 Å². The smallest absolute Gasteiger partial charge is 0.220 e. The minimum absolute atomic E-state index is 0.224. The van der Waals surface area contributed by atoms with Gasteiger partial charge in [0.25, 0.3) is 0 Å². The van der Waals surface area contributed by atoms with Gasteiger partial charge in [-0.05, 0) is 36.6 Å². The van der Waals surface area contributed by atoms with Gasteiger partial charge in [-0.3, -0.25) is 4.79 Å². The molecule has 1 aliphatic heterocycles. The Morgan fingerprint density at radius 2 is 1.94 bits per heavy atom. The number of amides is 1. The van der Waals surface area contributed by atoms with Crippen LogP contribution < -0.4 is 10.6 Å². The Morgan fingerprint density at radius 1 is 1.29 bits per heavy atom. The van der Waals surface area contributed by atoms with Gasteiger partial charge in [-0.15, -0.1) is 0 Å². The molecule has 0 aromatic carbocycles. The molecule has 2 fully saturated rings. The Hall–Kier alpha value is -0.570. The molecule has 1 amide bonds. The maximum absolute atomic E-state index is 11.9. The topological polar surface area (TPSA) is 41.1 Å². The maximum atomic E-state index is 11.9. The van der Waals surface area contributed by atoms with Crippen molar-refractivity contribution in [3.05, 3.63) is 0 Å². The van der Waals surface area contributed by atoms with Gasteiger partial charge in [0, 0.05) is 18.5 Å². The van der Waals surface area contributed by atoms with Gasteiger partial charge < -0.3 is 10.6 Å². The van der Waals surface area contributed by atoms with Crippen molar-refractivity contribution in [2.45, 2.75) is 65.5 Å². The highest BCUT2D eigenvalue weighted by atomic mass is 16.1. The zero-order chi connectivity index (χ0) is 12.7. The Morgan fingerprint density at radius 3 is 2.41 bits per heavy atom. The summed E-state index contributed by atoms with van der Waals surface area (Å²) in [5, 5.41) is 6.63. The van der Waals surface area contributed by atoms with Gasteiger partial charge in [-0.25, -0.2) is 0 Å². The highest BCUT2D eigenvalue weighted by molar-refractivity contribution is 5.77. The lowest BCUT2D eigenvalue weighted by Gasteiger charge is -2.10. The fourth-order valence-electron chi connectivity index (χ4n) is 3.10. The first-order chi connectivity index (χ1) is 7.85. The minimum Gasteiger partial charge on any atom is -0.352 e. The van der Waals surface area contributed by atoms with E-state index >= 15 is 0 Å². The van der Waals surface area contributed by atoms with Crippen LogP contribution in [0.15, 0.2) is 0 Å². The predicted octanol–water partition coefficient (Wildman–Crippen LogP) is 2.07. The molecule has 1 unspecified atom stereocenters. The molecular formula is C14H26N2O. The minimum atomic E-state index is 0.224. The van der Waals surface area contributed by atoms with Crippen LogP contribution in [-0.2, 0) is 4.79 Å². The summed E-state index contributed by atoms with van der Waals surface area (Å²) in [7, 11) is 0. The van der Waals surface area contributed by atoms with Crippen molar-refractivity contribution >= 4 is 5.91 Å². The van der Waals surface area contributed by atoms with Crippen molar-refractivity contribution in [3.63, 3.8) is 0 Å². The van der Waals surface area contributed by atoms with E-state index in [1.54, 1.807) is 0 Å². The van der Waals surface area contributed by atoms with Crippen LogP contribution in [0.1, 0.15) is 53.4 Å². The lowest BCUT2D eigenvalue weighted by molar-refractivity contribution is -0.121. The average Bonchev–Trinajstić information content (AvgIpc) is 2.68. The molecule has 1 aliphatic carbocycles. The largest absolute Gasteiger partial charge is 0.352 e. The van der Waals surface area contributed by atoms with E-state index in [0.717, 1.165) is 13.0 Å². The van der Waals surface area contributed by atoms with Gasteiger partial charge in [-0.1, -0.05) is 27.7 Å². The van der Waals surface area contributed by atoms with E-state index in [-0.39, 0.29) is 16.7 Å². The molecule has 1 atom stereocenters. The predicted molar refractivity (Wildman–Crippen MR) is 69.8 cm³/mol. The molecule has 2 N–H and O–H groups in total. The Labute approximate surface area is 105 Å². The van der Waals surface area contributed by atoms with Gasteiger partial charge in [0.15, 0.2) is 0 Å². The molecule has 2 aliphatic rings. The van der Waals surface area contributed by atoms with Crippen LogP contribution in [0, 0.1) is 10.8 Å². The van der Waals surface area contributed by atoms with Gasteiger partial charge in [0.05, 0.1) is 0 Å². The molecule has 1 saturated carbocycles. The second kappa shape index (κ2) is 4.27. The first kappa shape index (κ1) is 12.9. The quantitative estimate of drug-likeness (QED) is 0.787. The highest BCUT2D eigenvalue weighted by Crippen LogP contribution is 2.62. The first-order valence-corrected chi connectivity index (χ1v) is 6.88. The standard InChI is InChI=1S/C14H26N2O/c1-13(2)12(14(13,3)4)16-11(17)8-7-10-6-5-9-15-10/h10,12,15H,5-9H2,1-4H3,(H,16,17). The number of hydrogen-bond acceptors (Lipinski definition) is 2. The van der Waals surface area contributed by atoms with Crippen molar-refractivity contribution in [3.8, 4) is 0 Å². The van der Waals surface area contributed by atoms with Crippen LogP contribution in [-0.4, -0.2) is 24.5 Å². The number of carbonyl (C=O) groups excluding carboxylic acids is 1. The fraction of sp³-hybridized carbons (Fsp3) is 0.929. The molecule has 0 radical (unpaired) electrons. The van der Waals surface area contributed by atoms with E-state index in [9.17, 15) is 4.79 Å². The van der Waals surface area contributed by atoms with Crippen molar-refractivity contribution in [2.24, 2.45) is 10.8 Å². The van der Waals surface area contributed by atoms with Gasteiger partial charge in [-0.2, -0.15) is 0 Å². The number of hydrogen-bond donors (Lipinski definition) is 2. The van der Waals surface area contributed by atoms with Gasteiger partial charge in [0.2, 0.25) is 5.91 Å². The van der Waals surface area contributed by atoms with Gasteiger partial charge >= 0.3 is 0 Å². The second-order valence-electron chi connectivity index (χ2n) is 6.78. The Balaban J connectivity index is 1.71. The third-order valence-corrected chi connectivity index (χ3v) is 5.21. The van der Waals surface area contributed by atoms with E-state index in [2.05, 4.69) is 38.3 Å². The fourth-order valence-corrected chi connectivity index (χ4v) is 3.10. The summed E-state index contributed by atoms with van der Waals surface area (Å²) in [5.74, 6) is 0.224. The van der Waals surface area contributed by atoms with Crippen molar-refractivity contribution in [1.82, 2.24) is 10.6 Å². The number of rotatable bonds is 4. The molecule has 1 heterocycles. The lowest BCUT2D eigenvalue weighted by Crippen LogP contribution is -2.31. The van der Waals surface area contributed by atoms with Crippen LogP contribution >= 0.6 is 0 Å². The summed E-state index contributed by atoms with van der Waals surface area (Å²) in [6.45, 7) is 10.1. The summed E-state index contributed by atoms with van der Waals surface area (Å²) >= 11 is 0. The van der Waals surface area contributed by atoms with Crippen LogP contribution in [0.4, 0.5) is 0 Å². The molecule has 3 heteroatoms. The van der Waals surface area contributed by atoms with E-state index in [1.807, 2.05) is 0 Å². The third-order valence-electron chi connectivity index (χ3n) is 5.21. The zero-order valence-corrected chi connectivity index (χ0v) is 11.6. The van der Waals surface area contributed by atoms with Crippen molar-refractivity contribution in [2.75, 3.05) is 6.54 Å². The normalized spacial score (nSPS) is 30.2. The van der Waals surface area contributed by atoms with E-state index < -0.39 is 0 Å².